The normalized spacial score (nSPS) is 27.1. The molecule has 1 aromatic rings. The summed E-state index contributed by atoms with van der Waals surface area (Å²) in [6.07, 6.45) is 3.04. The average Bonchev–Trinajstić information content (AvgIpc) is 2.39. The van der Waals surface area contributed by atoms with Crippen LogP contribution in [0.1, 0.15) is 44.6 Å². The van der Waals surface area contributed by atoms with E-state index >= 15 is 0 Å². The van der Waals surface area contributed by atoms with Gasteiger partial charge in [-0.3, -0.25) is 4.79 Å². The molecule has 0 spiro atoms. The first kappa shape index (κ1) is 11.8. The Hall–Kier alpha value is -1.31. The largest absolute Gasteiger partial charge is 0.367 e. The molecule has 2 nitrogen and oxygen atoms in total. The van der Waals surface area contributed by atoms with Crippen LogP contribution in [0.5, 0.6) is 0 Å². The number of carbonyl (C=O) groups excluding carboxylic acids is 1. The highest BCUT2D eigenvalue weighted by molar-refractivity contribution is 5.85. The van der Waals surface area contributed by atoms with E-state index in [-0.39, 0.29) is 0 Å². The van der Waals surface area contributed by atoms with Gasteiger partial charge in [0.15, 0.2) is 0 Å². The van der Waals surface area contributed by atoms with Crippen molar-refractivity contribution in [2.24, 2.45) is 5.92 Å². The molecule has 3 aliphatic rings. The number of hydrogen-bond acceptors (Lipinski definition) is 2. The van der Waals surface area contributed by atoms with E-state index < -0.39 is 0 Å². The lowest BCUT2D eigenvalue weighted by Gasteiger charge is -2.45. The van der Waals surface area contributed by atoms with Gasteiger partial charge in [0, 0.05) is 30.6 Å². The van der Waals surface area contributed by atoms with Gasteiger partial charge in [0.1, 0.15) is 5.78 Å². The van der Waals surface area contributed by atoms with Crippen molar-refractivity contribution >= 4 is 11.5 Å². The molecule has 0 aromatic heterocycles. The zero-order chi connectivity index (χ0) is 12.7. The van der Waals surface area contributed by atoms with Crippen LogP contribution in [-0.4, -0.2) is 18.4 Å². The molecule has 2 aliphatic heterocycles. The lowest BCUT2D eigenvalue weighted by Crippen LogP contribution is -2.52. The Labute approximate surface area is 109 Å². The van der Waals surface area contributed by atoms with E-state index in [1.807, 2.05) is 0 Å². The topological polar surface area (TPSA) is 20.3 Å². The number of hydrogen-bond donors (Lipinski definition) is 0. The van der Waals surface area contributed by atoms with E-state index in [4.69, 9.17) is 0 Å². The summed E-state index contributed by atoms with van der Waals surface area (Å²) in [6.45, 7) is 5.37. The maximum Gasteiger partial charge on any atom is 0.139 e. The van der Waals surface area contributed by atoms with Gasteiger partial charge in [-0.15, -0.1) is 0 Å². The third kappa shape index (κ3) is 1.94. The second-order valence-corrected chi connectivity index (χ2v) is 6.00. The Morgan fingerprint density at radius 3 is 2.39 bits per heavy atom. The third-order valence-electron chi connectivity index (χ3n) is 4.49. The Morgan fingerprint density at radius 1 is 1.17 bits per heavy atom. The van der Waals surface area contributed by atoms with Crippen molar-refractivity contribution in [1.29, 1.82) is 0 Å². The van der Waals surface area contributed by atoms with Crippen LogP contribution in [0.4, 0.5) is 5.69 Å². The van der Waals surface area contributed by atoms with Gasteiger partial charge in [-0.25, -0.2) is 0 Å². The molecule has 3 fully saturated rings. The predicted octanol–water partition coefficient (Wildman–Crippen LogP) is 3.37. The molecule has 2 bridgehead atoms. The van der Waals surface area contributed by atoms with Crippen LogP contribution in [0, 0.1) is 5.92 Å². The highest BCUT2D eigenvalue weighted by Crippen LogP contribution is 2.36. The number of ketones is 1. The number of rotatable bonds is 2. The lowest BCUT2D eigenvalue weighted by atomic mass is 9.78. The molecule has 96 valence electrons. The second kappa shape index (κ2) is 4.42. The van der Waals surface area contributed by atoms with Crippen molar-refractivity contribution in [3.05, 3.63) is 29.8 Å². The second-order valence-electron chi connectivity index (χ2n) is 6.00. The maximum absolute atomic E-state index is 11.7. The Balaban J connectivity index is 1.81. The number of benzene rings is 1. The first-order valence-corrected chi connectivity index (χ1v) is 7.04. The minimum absolute atomic E-state index is 0.291. The molecular weight excluding hydrogens is 222 g/mol. The monoisotopic (exact) mass is 243 g/mol. The standard InChI is InChI=1S/C16H21NO/c1-11(2)12-3-6-14(7-4-12)17-10-13-5-8-15(17)9-16(13)18/h3-4,6-7,11,13,15H,5,8-10H2,1-2H3. The molecule has 1 aromatic carbocycles. The molecule has 2 saturated heterocycles. The summed E-state index contributed by atoms with van der Waals surface area (Å²) in [5.74, 6) is 1.36. The summed E-state index contributed by atoms with van der Waals surface area (Å²) in [6, 6.07) is 9.35. The lowest BCUT2D eigenvalue weighted by molar-refractivity contribution is -0.126. The van der Waals surface area contributed by atoms with Crippen LogP contribution < -0.4 is 4.90 Å². The third-order valence-corrected chi connectivity index (χ3v) is 4.49. The number of Topliss-reactive ketones (excluding diaryl/α,β-unsaturated/α-hetero) is 1. The van der Waals surface area contributed by atoms with Gasteiger partial charge in [-0.2, -0.15) is 0 Å². The van der Waals surface area contributed by atoms with Crippen molar-refractivity contribution in [3.8, 4) is 0 Å². The van der Waals surface area contributed by atoms with Gasteiger partial charge in [0.05, 0.1) is 0 Å². The average molecular weight is 243 g/mol. The summed E-state index contributed by atoms with van der Waals surface area (Å²) >= 11 is 0. The summed E-state index contributed by atoms with van der Waals surface area (Å²) in [5.41, 5.74) is 2.68. The van der Waals surface area contributed by atoms with Gasteiger partial charge < -0.3 is 4.90 Å². The maximum atomic E-state index is 11.7. The van der Waals surface area contributed by atoms with Gasteiger partial charge in [0.25, 0.3) is 0 Å². The van der Waals surface area contributed by atoms with Crippen LogP contribution >= 0.6 is 0 Å². The van der Waals surface area contributed by atoms with Crippen LogP contribution in [0.3, 0.4) is 0 Å². The van der Waals surface area contributed by atoms with Crippen molar-refractivity contribution in [1.82, 2.24) is 0 Å². The van der Waals surface area contributed by atoms with Gasteiger partial charge >= 0.3 is 0 Å². The molecule has 2 heteroatoms. The van der Waals surface area contributed by atoms with Gasteiger partial charge in [-0.1, -0.05) is 26.0 Å². The minimum Gasteiger partial charge on any atom is -0.367 e. The molecule has 1 aliphatic carbocycles. The SMILES string of the molecule is CC(C)c1ccc(N2CC3CCC2CC3=O)cc1. The molecule has 0 radical (unpaired) electrons. The zero-order valence-corrected chi connectivity index (χ0v) is 11.2. The molecule has 2 atom stereocenters. The fraction of sp³-hybridized carbons (Fsp3) is 0.562. The molecule has 4 rings (SSSR count). The summed E-state index contributed by atoms with van der Waals surface area (Å²) < 4.78 is 0. The van der Waals surface area contributed by atoms with E-state index in [1.54, 1.807) is 0 Å². The Morgan fingerprint density at radius 2 is 1.89 bits per heavy atom. The van der Waals surface area contributed by atoms with Crippen molar-refractivity contribution in [3.63, 3.8) is 0 Å². The number of fused-ring (bicyclic) bond motifs is 3. The number of piperidine rings is 2. The fourth-order valence-electron chi connectivity index (χ4n) is 3.27. The first-order valence-electron chi connectivity index (χ1n) is 7.04. The zero-order valence-electron chi connectivity index (χ0n) is 11.2. The number of carbonyl (C=O) groups is 1. The molecule has 2 heterocycles. The van der Waals surface area contributed by atoms with E-state index in [1.165, 1.54) is 17.7 Å². The first-order chi connectivity index (χ1) is 8.65. The minimum atomic E-state index is 0.291. The van der Waals surface area contributed by atoms with Gasteiger partial charge in [-0.05, 0) is 36.5 Å². The van der Waals surface area contributed by atoms with Gasteiger partial charge in [0.2, 0.25) is 0 Å². The van der Waals surface area contributed by atoms with Crippen LogP contribution in [-0.2, 0) is 4.79 Å². The molecule has 0 amide bonds. The van der Waals surface area contributed by atoms with Crippen LogP contribution in [0.2, 0.25) is 0 Å². The molecule has 1 saturated carbocycles. The van der Waals surface area contributed by atoms with E-state index in [0.29, 0.717) is 23.7 Å². The summed E-state index contributed by atoms with van der Waals surface area (Å²) in [5, 5.41) is 0. The van der Waals surface area contributed by atoms with Crippen molar-refractivity contribution in [2.75, 3.05) is 11.4 Å². The van der Waals surface area contributed by atoms with E-state index in [2.05, 4.69) is 43.0 Å². The quantitative estimate of drug-likeness (QED) is 0.793. The van der Waals surface area contributed by atoms with Crippen LogP contribution in [0.25, 0.3) is 0 Å². The number of anilines is 1. The highest BCUT2D eigenvalue weighted by atomic mass is 16.1. The molecular formula is C16H21NO. The molecule has 0 N–H and O–H groups in total. The smallest absolute Gasteiger partial charge is 0.139 e. The molecule has 18 heavy (non-hydrogen) atoms. The predicted molar refractivity (Wildman–Crippen MR) is 74.0 cm³/mol. The Bertz CT molecular complexity index is 449. The fourth-order valence-corrected chi connectivity index (χ4v) is 3.27. The highest BCUT2D eigenvalue weighted by Gasteiger charge is 2.39. The Kier molecular flexibility index (Phi) is 2.89. The number of nitrogens with zero attached hydrogens (tertiary/aromatic N) is 1. The van der Waals surface area contributed by atoms with Crippen LogP contribution in [0.15, 0.2) is 24.3 Å². The van der Waals surface area contributed by atoms with E-state index in [9.17, 15) is 4.79 Å². The van der Waals surface area contributed by atoms with Crippen molar-refractivity contribution in [2.45, 2.75) is 45.1 Å². The summed E-state index contributed by atoms with van der Waals surface area (Å²) in [4.78, 5) is 14.2. The van der Waals surface area contributed by atoms with E-state index in [0.717, 1.165) is 19.4 Å². The van der Waals surface area contributed by atoms with Crippen molar-refractivity contribution < 1.29 is 4.79 Å². The summed E-state index contributed by atoms with van der Waals surface area (Å²) in [7, 11) is 0. The molecule has 2 unspecified atom stereocenters.